The first-order valence-electron chi connectivity index (χ1n) is 8.06. The fraction of sp³-hybridized carbons (Fsp3) is 0.300. The number of carbonyl (C=O) groups is 1. The van der Waals surface area contributed by atoms with E-state index in [-0.39, 0.29) is 17.1 Å². The first-order valence-corrected chi connectivity index (χ1v) is 9.05. The summed E-state index contributed by atoms with van der Waals surface area (Å²) in [5.41, 5.74) is 1.15. The van der Waals surface area contributed by atoms with Crippen LogP contribution >= 0.6 is 11.8 Å². The Morgan fingerprint density at radius 3 is 2.60 bits per heavy atom. The molecule has 0 fully saturated rings. The van der Waals surface area contributed by atoms with Crippen LogP contribution in [0.3, 0.4) is 0 Å². The average molecular weight is 356 g/mol. The summed E-state index contributed by atoms with van der Waals surface area (Å²) >= 11 is 1.58. The van der Waals surface area contributed by atoms with Crippen LogP contribution in [-0.4, -0.2) is 18.2 Å². The van der Waals surface area contributed by atoms with Crippen molar-refractivity contribution in [1.82, 2.24) is 5.32 Å². The van der Waals surface area contributed by atoms with E-state index in [2.05, 4.69) is 11.4 Å². The van der Waals surface area contributed by atoms with Gasteiger partial charge in [-0.05, 0) is 42.0 Å². The minimum Gasteiger partial charge on any atom is -0.355 e. The summed E-state index contributed by atoms with van der Waals surface area (Å²) in [5.74, 6) is 0.374. The molecule has 0 aliphatic carbocycles. The van der Waals surface area contributed by atoms with Gasteiger partial charge in [-0.1, -0.05) is 26.0 Å². The smallest absolute Gasteiger partial charge is 0.220 e. The third-order valence-corrected chi connectivity index (χ3v) is 4.93. The minimum absolute atomic E-state index is 0.0226. The number of benzene rings is 2. The molecule has 0 spiro atoms. The van der Waals surface area contributed by atoms with Crippen LogP contribution in [0.4, 0.5) is 4.39 Å². The van der Waals surface area contributed by atoms with E-state index >= 15 is 0 Å². The Kier molecular flexibility index (Phi) is 6.60. The van der Waals surface area contributed by atoms with Crippen molar-refractivity contribution in [3.8, 4) is 6.07 Å². The van der Waals surface area contributed by atoms with Gasteiger partial charge in [0.1, 0.15) is 5.82 Å². The monoisotopic (exact) mass is 356 g/mol. The second kappa shape index (κ2) is 8.68. The maximum absolute atomic E-state index is 13.4. The zero-order valence-electron chi connectivity index (χ0n) is 14.4. The summed E-state index contributed by atoms with van der Waals surface area (Å²) in [4.78, 5) is 13.1. The molecule has 1 amide bonds. The van der Waals surface area contributed by atoms with Gasteiger partial charge < -0.3 is 5.32 Å². The van der Waals surface area contributed by atoms with Gasteiger partial charge in [-0.2, -0.15) is 5.26 Å². The highest BCUT2D eigenvalue weighted by Gasteiger charge is 2.21. The van der Waals surface area contributed by atoms with Gasteiger partial charge in [-0.3, -0.25) is 4.79 Å². The first-order chi connectivity index (χ1) is 11.9. The lowest BCUT2D eigenvalue weighted by Crippen LogP contribution is -2.36. The van der Waals surface area contributed by atoms with Crippen molar-refractivity contribution in [1.29, 1.82) is 5.26 Å². The van der Waals surface area contributed by atoms with Crippen LogP contribution in [-0.2, 0) is 10.2 Å². The molecular weight excluding hydrogens is 335 g/mol. The molecule has 2 aromatic rings. The van der Waals surface area contributed by atoms with Gasteiger partial charge in [0, 0.05) is 29.0 Å². The molecular formula is C20H21FN2OS. The number of carbonyl (C=O) groups excluding carboxylic acids is 1. The van der Waals surface area contributed by atoms with Crippen LogP contribution in [0.1, 0.15) is 31.4 Å². The topological polar surface area (TPSA) is 52.9 Å². The van der Waals surface area contributed by atoms with Crippen molar-refractivity contribution in [3.05, 3.63) is 65.5 Å². The number of thioether (sulfide) groups is 1. The Labute approximate surface area is 152 Å². The summed E-state index contributed by atoms with van der Waals surface area (Å²) in [7, 11) is 0. The van der Waals surface area contributed by atoms with Crippen LogP contribution in [0, 0.1) is 17.1 Å². The molecule has 2 aromatic carbocycles. The van der Waals surface area contributed by atoms with E-state index < -0.39 is 0 Å². The molecule has 130 valence electrons. The summed E-state index contributed by atoms with van der Waals surface area (Å²) in [6, 6.07) is 15.9. The Hall–Kier alpha value is -2.32. The number of amides is 1. The van der Waals surface area contributed by atoms with Crippen LogP contribution in [0.2, 0.25) is 0 Å². The van der Waals surface area contributed by atoms with Crippen LogP contribution in [0.5, 0.6) is 0 Å². The van der Waals surface area contributed by atoms with Gasteiger partial charge in [0.25, 0.3) is 0 Å². The lowest BCUT2D eigenvalue weighted by atomic mass is 9.84. The fourth-order valence-corrected chi connectivity index (χ4v) is 3.16. The van der Waals surface area contributed by atoms with Crippen LogP contribution < -0.4 is 5.32 Å². The lowest BCUT2D eigenvalue weighted by Gasteiger charge is -2.25. The second-order valence-corrected chi connectivity index (χ2v) is 7.57. The fourth-order valence-electron chi connectivity index (χ4n) is 2.31. The largest absolute Gasteiger partial charge is 0.355 e. The zero-order valence-corrected chi connectivity index (χ0v) is 15.2. The van der Waals surface area contributed by atoms with Crippen molar-refractivity contribution in [2.45, 2.75) is 30.6 Å². The molecule has 2 rings (SSSR count). The predicted octanol–water partition coefficient (Wildman–Crippen LogP) is 4.27. The highest BCUT2D eigenvalue weighted by molar-refractivity contribution is 7.99. The zero-order chi connectivity index (χ0) is 18.3. The van der Waals surface area contributed by atoms with Crippen molar-refractivity contribution < 1.29 is 9.18 Å². The third-order valence-electron chi connectivity index (χ3n) is 3.91. The van der Waals surface area contributed by atoms with Crippen molar-refractivity contribution in [2.24, 2.45) is 0 Å². The maximum atomic E-state index is 13.4. The first kappa shape index (κ1) is 19.0. The number of nitrogens with zero attached hydrogens (tertiary/aromatic N) is 1. The number of hydrogen-bond donors (Lipinski definition) is 1. The van der Waals surface area contributed by atoms with Gasteiger partial charge in [0.2, 0.25) is 5.91 Å². The third kappa shape index (κ3) is 5.91. The molecule has 25 heavy (non-hydrogen) atoms. The van der Waals surface area contributed by atoms with Gasteiger partial charge in [0.15, 0.2) is 0 Å². The average Bonchev–Trinajstić information content (AvgIpc) is 2.61. The summed E-state index contributed by atoms with van der Waals surface area (Å²) in [6.07, 6.45) is 0.407. The molecule has 0 unspecified atom stereocenters. The van der Waals surface area contributed by atoms with E-state index in [0.717, 1.165) is 10.5 Å². The molecule has 0 bridgehead atoms. The van der Waals surface area contributed by atoms with E-state index in [1.54, 1.807) is 30.0 Å². The van der Waals surface area contributed by atoms with Gasteiger partial charge in [0.05, 0.1) is 11.6 Å². The van der Waals surface area contributed by atoms with Crippen LogP contribution in [0.15, 0.2) is 53.4 Å². The summed E-state index contributed by atoms with van der Waals surface area (Å²) in [5, 5.41) is 11.7. The highest BCUT2D eigenvalue weighted by atomic mass is 32.2. The lowest BCUT2D eigenvalue weighted by molar-refractivity contribution is -0.120. The van der Waals surface area contributed by atoms with E-state index in [1.165, 1.54) is 12.1 Å². The molecule has 0 atom stereocenters. The summed E-state index contributed by atoms with van der Waals surface area (Å²) < 4.78 is 13.4. The minimum atomic E-state index is -0.335. The number of halogens is 1. The van der Waals surface area contributed by atoms with E-state index in [1.807, 2.05) is 32.0 Å². The van der Waals surface area contributed by atoms with Crippen molar-refractivity contribution in [3.63, 3.8) is 0 Å². The Balaban J connectivity index is 1.77. The number of rotatable bonds is 7. The standard InChI is InChI=1S/C20H21FN2OS/c1-20(2,16-4-3-5-17(21)12-16)14-23-19(24)10-11-25-18-8-6-15(13-22)7-9-18/h3-9,12H,10-11,14H2,1-2H3,(H,23,24). The summed E-state index contributed by atoms with van der Waals surface area (Å²) in [6.45, 7) is 4.41. The molecule has 0 radical (unpaired) electrons. The molecule has 0 saturated carbocycles. The van der Waals surface area contributed by atoms with Gasteiger partial charge in [-0.25, -0.2) is 4.39 Å². The Morgan fingerprint density at radius 2 is 1.96 bits per heavy atom. The number of nitrogens with one attached hydrogen (secondary N) is 1. The van der Waals surface area contributed by atoms with E-state index in [4.69, 9.17) is 5.26 Å². The molecule has 0 aromatic heterocycles. The van der Waals surface area contributed by atoms with Crippen molar-refractivity contribution >= 4 is 17.7 Å². The molecule has 5 heteroatoms. The molecule has 0 aliphatic heterocycles. The van der Waals surface area contributed by atoms with E-state index in [9.17, 15) is 9.18 Å². The highest BCUT2D eigenvalue weighted by Crippen LogP contribution is 2.23. The predicted molar refractivity (Wildman–Crippen MR) is 98.9 cm³/mol. The van der Waals surface area contributed by atoms with Gasteiger partial charge in [-0.15, -0.1) is 11.8 Å². The van der Waals surface area contributed by atoms with Crippen molar-refractivity contribution in [2.75, 3.05) is 12.3 Å². The Morgan fingerprint density at radius 1 is 1.24 bits per heavy atom. The Bertz CT molecular complexity index is 766. The van der Waals surface area contributed by atoms with E-state index in [0.29, 0.717) is 24.3 Å². The normalized spacial score (nSPS) is 11.0. The molecule has 1 N–H and O–H groups in total. The van der Waals surface area contributed by atoms with Crippen LogP contribution in [0.25, 0.3) is 0 Å². The maximum Gasteiger partial charge on any atom is 0.220 e. The second-order valence-electron chi connectivity index (χ2n) is 6.41. The molecule has 0 saturated heterocycles. The molecule has 0 heterocycles. The number of nitriles is 1. The quantitative estimate of drug-likeness (QED) is 0.754. The van der Waals surface area contributed by atoms with Gasteiger partial charge >= 0.3 is 0 Å². The number of hydrogen-bond acceptors (Lipinski definition) is 3. The SMILES string of the molecule is CC(C)(CNC(=O)CCSc1ccc(C#N)cc1)c1cccc(F)c1. The molecule has 3 nitrogen and oxygen atoms in total. The molecule has 0 aliphatic rings.